The van der Waals surface area contributed by atoms with Crippen LogP contribution < -0.4 is 21.0 Å². The summed E-state index contributed by atoms with van der Waals surface area (Å²) in [5.74, 6) is 0. The highest BCUT2D eigenvalue weighted by molar-refractivity contribution is 5.90. The predicted octanol–water partition coefficient (Wildman–Crippen LogP) is 4.16. The number of fused-ring (bicyclic) bond motifs is 6. The molecule has 0 bridgehead atoms. The van der Waals surface area contributed by atoms with Crippen LogP contribution in [0.1, 0.15) is 30.9 Å². The predicted molar refractivity (Wildman–Crippen MR) is 130 cm³/mol. The molecule has 0 amide bonds. The summed E-state index contributed by atoms with van der Waals surface area (Å²) in [5, 5.41) is 6.97. The lowest BCUT2D eigenvalue weighted by molar-refractivity contribution is 0.536. The number of hydrogen-bond donors (Lipinski definition) is 0. The molecule has 0 N–H and O–H groups in total. The fraction of sp³-hybridized carbons (Fsp3) is 0.133. The number of benzene rings is 3. The molecule has 0 spiro atoms. The smallest absolute Gasteiger partial charge is 0.0494 e. The minimum atomic E-state index is 0.395. The Labute approximate surface area is 181 Å². The highest BCUT2D eigenvalue weighted by atomic mass is 15.0. The van der Waals surface area contributed by atoms with E-state index in [0.717, 1.165) is 19.3 Å². The van der Waals surface area contributed by atoms with Gasteiger partial charge in [-0.1, -0.05) is 85.0 Å². The van der Waals surface area contributed by atoms with E-state index >= 15 is 0 Å². The number of para-hydroxylation sites is 1. The summed E-state index contributed by atoms with van der Waals surface area (Å²) in [6, 6.07) is 25.1. The second-order valence-electron chi connectivity index (χ2n) is 8.81. The first kappa shape index (κ1) is 17.1. The molecule has 1 heteroatoms. The molecule has 1 nitrogen and oxygen atoms in total. The van der Waals surface area contributed by atoms with Gasteiger partial charge in [0.15, 0.2) is 0 Å². The summed E-state index contributed by atoms with van der Waals surface area (Å²) < 4.78 is 2.62. The van der Waals surface area contributed by atoms with Crippen LogP contribution in [0.5, 0.6) is 0 Å². The van der Waals surface area contributed by atoms with Gasteiger partial charge in [0, 0.05) is 27.5 Å². The fourth-order valence-corrected chi connectivity index (χ4v) is 5.92. The Balaban J connectivity index is 1.53. The van der Waals surface area contributed by atoms with E-state index in [4.69, 9.17) is 0 Å². The van der Waals surface area contributed by atoms with E-state index < -0.39 is 0 Å². The maximum atomic E-state index is 2.62. The van der Waals surface area contributed by atoms with Crippen LogP contribution in [0.4, 0.5) is 0 Å². The van der Waals surface area contributed by atoms with Gasteiger partial charge < -0.3 is 4.57 Å². The Morgan fingerprint density at radius 3 is 2.58 bits per heavy atom. The van der Waals surface area contributed by atoms with Crippen molar-refractivity contribution < 1.29 is 0 Å². The second-order valence-corrected chi connectivity index (χ2v) is 8.81. The number of hydrogen-bond acceptors (Lipinski definition) is 0. The van der Waals surface area contributed by atoms with E-state index in [1.54, 1.807) is 0 Å². The van der Waals surface area contributed by atoms with E-state index in [9.17, 15) is 0 Å². The molecule has 0 fully saturated rings. The second kappa shape index (κ2) is 6.46. The van der Waals surface area contributed by atoms with Crippen molar-refractivity contribution in [1.82, 2.24) is 4.57 Å². The molecule has 148 valence electrons. The Kier molecular flexibility index (Phi) is 3.57. The summed E-state index contributed by atoms with van der Waals surface area (Å²) in [4.78, 5) is 0. The SMILES string of the molecule is C1=CCC=c2c(n(C3CC=c4cccc5c4=C(C3)c3ccccc3-5)c3ccccc23)=C1. The third kappa shape index (κ3) is 2.38. The van der Waals surface area contributed by atoms with E-state index in [2.05, 4.69) is 102 Å². The van der Waals surface area contributed by atoms with Gasteiger partial charge in [-0.2, -0.15) is 0 Å². The molecule has 3 aliphatic rings. The molecule has 4 aromatic rings. The number of nitrogens with zero attached hydrogens (tertiary/aromatic N) is 1. The van der Waals surface area contributed by atoms with Gasteiger partial charge in [0.05, 0.1) is 0 Å². The van der Waals surface area contributed by atoms with Gasteiger partial charge in [-0.3, -0.25) is 0 Å². The van der Waals surface area contributed by atoms with Gasteiger partial charge in [-0.15, -0.1) is 0 Å². The lowest BCUT2D eigenvalue weighted by atomic mass is 9.97. The largest absolute Gasteiger partial charge is 0.337 e. The molecule has 1 atom stereocenters. The lowest BCUT2D eigenvalue weighted by Crippen LogP contribution is -2.31. The normalized spacial score (nSPS) is 18.2. The summed E-state index contributed by atoms with van der Waals surface area (Å²) >= 11 is 0. The van der Waals surface area contributed by atoms with Crippen LogP contribution in [0.25, 0.3) is 45.8 Å². The van der Waals surface area contributed by atoms with Crippen molar-refractivity contribution in [3.8, 4) is 11.1 Å². The van der Waals surface area contributed by atoms with Crippen molar-refractivity contribution in [2.75, 3.05) is 0 Å². The Morgan fingerprint density at radius 1 is 0.774 bits per heavy atom. The molecule has 31 heavy (non-hydrogen) atoms. The Morgan fingerprint density at radius 2 is 1.61 bits per heavy atom. The third-order valence-corrected chi connectivity index (χ3v) is 7.19. The number of aromatic nitrogens is 1. The standard InChI is InChI=1S/C30H23N/c1-2-12-24-25-13-6-7-16-29(25)31(28(24)15-3-1)21-18-17-20-9-8-14-26-22-10-4-5-11-23(22)27(19-21)30(20)26/h1,3-17,21H,2,18-19H2. The summed E-state index contributed by atoms with van der Waals surface area (Å²) in [6.07, 6.45) is 14.7. The van der Waals surface area contributed by atoms with Gasteiger partial charge in [0.25, 0.3) is 0 Å². The first-order valence-corrected chi connectivity index (χ1v) is 11.3. The quantitative estimate of drug-likeness (QED) is 0.455. The minimum absolute atomic E-state index is 0.395. The highest BCUT2D eigenvalue weighted by Gasteiger charge is 2.26. The molecule has 1 aromatic heterocycles. The van der Waals surface area contributed by atoms with E-state index in [1.807, 2.05) is 0 Å². The maximum absolute atomic E-state index is 2.62. The third-order valence-electron chi connectivity index (χ3n) is 7.19. The number of rotatable bonds is 1. The van der Waals surface area contributed by atoms with Crippen molar-refractivity contribution in [1.29, 1.82) is 0 Å². The van der Waals surface area contributed by atoms with Crippen LogP contribution in [-0.2, 0) is 0 Å². The van der Waals surface area contributed by atoms with E-state index in [-0.39, 0.29) is 0 Å². The minimum Gasteiger partial charge on any atom is -0.337 e. The Hall–Kier alpha value is -3.58. The summed E-state index contributed by atoms with van der Waals surface area (Å²) in [5.41, 5.74) is 7.08. The van der Waals surface area contributed by atoms with Crippen molar-refractivity contribution in [3.63, 3.8) is 0 Å². The van der Waals surface area contributed by atoms with Crippen molar-refractivity contribution >= 4 is 34.7 Å². The Bertz CT molecular complexity index is 1660. The van der Waals surface area contributed by atoms with Crippen molar-refractivity contribution in [2.24, 2.45) is 0 Å². The van der Waals surface area contributed by atoms with E-state index in [1.165, 1.54) is 54.2 Å². The first-order valence-electron chi connectivity index (χ1n) is 11.3. The van der Waals surface area contributed by atoms with Gasteiger partial charge in [-0.25, -0.2) is 0 Å². The first-order chi connectivity index (χ1) is 15.4. The molecule has 3 aromatic carbocycles. The molecule has 0 saturated carbocycles. The van der Waals surface area contributed by atoms with Crippen LogP contribution in [0.3, 0.4) is 0 Å². The zero-order chi connectivity index (χ0) is 20.4. The summed E-state index contributed by atoms with van der Waals surface area (Å²) in [6.45, 7) is 0. The maximum Gasteiger partial charge on any atom is 0.0494 e. The highest BCUT2D eigenvalue weighted by Crippen LogP contribution is 2.37. The van der Waals surface area contributed by atoms with Gasteiger partial charge in [0.1, 0.15) is 0 Å². The molecule has 0 aliphatic heterocycles. The molecular formula is C30H23N. The van der Waals surface area contributed by atoms with Gasteiger partial charge in [0.2, 0.25) is 0 Å². The monoisotopic (exact) mass is 397 g/mol. The van der Waals surface area contributed by atoms with Crippen molar-refractivity contribution in [3.05, 3.63) is 105 Å². The average Bonchev–Trinajstić information content (AvgIpc) is 3.07. The molecule has 3 aliphatic carbocycles. The number of allylic oxidation sites excluding steroid dienone is 2. The van der Waals surface area contributed by atoms with Gasteiger partial charge >= 0.3 is 0 Å². The van der Waals surface area contributed by atoms with Crippen molar-refractivity contribution in [2.45, 2.75) is 25.3 Å². The van der Waals surface area contributed by atoms with Crippen LogP contribution in [-0.4, -0.2) is 4.57 Å². The van der Waals surface area contributed by atoms with Gasteiger partial charge in [-0.05, 0) is 64.1 Å². The summed E-state index contributed by atoms with van der Waals surface area (Å²) in [7, 11) is 0. The zero-order valence-corrected chi connectivity index (χ0v) is 17.4. The molecule has 1 heterocycles. The fourth-order valence-electron chi connectivity index (χ4n) is 5.92. The lowest BCUT2D eigenvalue weighted by Gasteiger charge is -2.20. The van der Waals surface area contributed by atoms with E-state index in [0.29, 0.717) is 6.04 Å². The van der Waals surface area contributed by atoms with Crippen LogP contribution in [0.2, 0.25) is 0 Å². The van der Waals surface area contributed by atoms with Crippen LogP contribution in [0.15, 0.2) is 78.9 Å². The molecule has 7 rings (SSSR count). The molecule has 0 saturated heterocycles. The zero-order valence-electron chi connectivity index (χ0n) is 17.4. The average molecular weight is 398 g/mol. The molecule has 1 unspecified atom stereocenters. The molecule has 0 radical (unpaired) electrons. The van der Waals surface area contributed by atoms with Crippen LogP contribution >= 0.6 is 0 Å². The topological polar surface area (TPSA) is 4.93 Å². The van der Waals surface area contributed by atoms with Crippen LogP contribution in [0, 0.1) is 0 Å². The molecular weight excluding hydrogens is 374 g/mol.